The Labute approximate surface area is 277 Å². The molecule has 232 valence electrons. The summed E-state index contributed by atoms with van der Waals surface area (Å²) in [7, 11) is 1.52. The number of benzene rings is 4. The number of hydrogen-bond donors (Lipinski definition) is 0. The first-order chi connectivity index (χ1) is 21.6. The summed E-state index contributed by atoms with van der Waals surface area (Å²) in [6.07, 6.45) is 1.56. The molecule has 0 aliphatic heterocycles. The first-order valence-electron chi connectivity index (χ1n) is 14.4. The molecular weight excluding hydrogens is 705 g/mol. The van der Waals surface area contributed by atoms with Crippen LogP contribution in [0.15, 0.2) is 85.6 Å². The van der Waals surface area contributed by atoms with Gasteiger partial charge in [-0.25, -0.2) is 9.37 Å². The van der Waals surface area contributed by atoms with Crippen molar-refractivity contribution in [2.45, 2.75) is 40.2 Å². The molecule has 0 aliphatic rings. The Kier molecular flexibility index (Phi) is 10.0. The first-order valence-corrected chi connectivity index (χ1v) is 16.0. The number of methoxy groups -OCH3 is 1. The van der Waals surface area contributed by atoms with Crippen LogP contribution in [0.2, 0.25) is 0 Å². The molecule has 0 aliphatic carbocycles. The van der Waals surface area contributed by atoms with Crippen molar-refractivity contribution in [1.29, 1.82) is 0 Å². The van der Waals surface area contributed by atoms with Gasteiger partial charge >= 0.3 is 0 Å². The van der Waals surface area contributed by atoms with E-state index >= 15 is 0 Å². The molecule has 4 aromatic carbocycles. The number of aromatic nitrogens is 2. The fraction of sp³-hybridized carbons (Fsp3) is 0.229. The number of fused-ring (bicyclic) bond motifs is 1. The lowest BCUT2D eigenvalue weighted by molar-refractivity contribution is 0.277. The van der Waals surface area contributed by atoms with Crippen LogP contribution >= 0.6 is 31.9 Å². The second-order valence-corrected chi connectivity index (χ2v) is 12.2. The van der Waals surface area contributed by atoms with Gasteiger partial charge < -0.3 is 14.2 Å². The van der Waals surface area contributed by atoms with Crippen LogP contribution in [0.5, 0.6) is 17.2 Å². The molecule has 0 amide bonds. The van der Waals surface area contributed by atoms with E-state index < -0.39 is 0 Å². The van der Waals surface area contributed by atoms with Gasteiger partial charge in [0.1, 0.15) is 18.2 Å². The van der Waals surface area contributed by atoms with E-state index in [2.05, 4.69) is 50.8 Å². The largest absolute Gasteiger partial charge is 0.494 e. The Morgan fingerprint density at radius 3 is 2.44 bits per heavy atom. The molecule has 10 heteroatoms. The molecular formula is C35H32Br2FN3O4. The van der Waals surface area contributed by atoms with E-state index in [-0.39, 0.29) is 23.9 Å². The van der Waals surface area contributed by atoms with Gasteiger partial charge in [-0.3, -0.25) is 4.79 Å². The third-order valence-corrected chi connectivity index (χ3v) is 9.43. The highest BCUT2D eigenvalue weighted by Crippen LogP contribution is 2.43. The average Bonchev–Trinajstić information content (AvgIpc) is 3.02. The smallest absolute Gasteiger partial charge is 0.282 e. The number of para-hydroxylation sites is 1. The van der Waals surface area contributed by atoms with Crippen molar-refractivity contribution >= 4 is 49.0 Å². The maximum atomic E-state index is 14.2. The van der Waals surface area contributed by atoms with E-state index in [1.807, 2.05) is 38.1 Å². The summed E-state index contributed by atoms with van der Waals surface area (Å²) in [4.78, 5) is 18.8. The van der Waals surface area contributed by atoms with Crippen molar-refractivity contribution in [1.82, 2.24) is 9.66 Å². The van der Waals surface area contributed by atoms with E-state index in [0.29, 0.717) is 54.9 Å². The van der Waals surface area contributed by atoms with Crippen LogP contribution in [0.25, 0.3) is 22.3 Å². The van der Waals surface area contributed by atoms with Gasteiger partial charge in [0.05, 0.1) is 35.3 Å². The molecule has 0 atom stereocenters. The topological polar surface area (TPSA) is 74.9 Å². The zero-order valence-electron chi connectivity index (χ0n) is 25.5. The second kappa shape index (κ2) is 14.0. The zero-order chi connectivity index (χ0) is 32.2. The van der Waals surface area contributed by atoms with Crippen molar-refractivity contribution in [3.63, 3.8) is 0 Å². The highest BCUT2D eigenvalue weighted by Gasteiger charge is 2.20. The Morgan fingerprint density at radius 1 is 1.00 bits per heavy atom. The summed E-state index contributed by atoms with van der Waals surface area (Å²) < 4.78 is 34.2. The lowest BCUT2D eigenvalue weighted by Gasteiger charge is -2.18. The minimum Gasteiger partial charge on any atom is -0.494 e. The van der Waals surface area contributed by atoms with Gasteiger partial charge in [-0.05, 0) is 99.2 Å². The fourth-order valence-electron chi connectivity index (χ4n) is 4.95. The molecule has 1 heterocycles. The third-order valence-electron chi connectivity index (χ3n) is 7.29. The van der Waals surface area contributed by atoms with Crippen molar-refractivity contribution in [2.24, 2.45) is 5.10 Å². The molecule has 0 bridgehead atoms. The molecule has 0 spiro atoms. The van der Waals surface area contributed by atoms with Crippen LogP contribution in [0, 0.1) is 12.7 Å². The van der Waals surface area contributed by atoms with Crippen LogP contribution in [0.3, 0.4) is 0 Å². The van der Waals surface area contributed by atoms with E-state index in [1.165, 1.54) is 17.9 Å². The molecule has 5 rings (SSSR count). The summed E-state index contributed by atoms with van der Waals surface area (Å²) in [5.74, 6) is 1.82. The van der Waals surface area contributed by atoms with Crippen LogP contribution in [0.4, 0.5) is 4.39 Å². The van der Waals surface area contributed by atoms with E-state index in [9.17, 15) is 9.18 Å². The molecule has 0 saturated heterocycles. The molecule has 5 aromatic rings. The molecule has 1 aromatic heterocycles. The van der Waals surface area contributed by atoms with Gasteiger partial charge in [0.15, 0.2) is 17.3 Å². The SMILES string of the molecule is CCOc1cc(C)c(-c2nc3ccccc3c(=O)n2N=Cc2cc(OC)c(OCc3ccccc3F)c(Br)c2Br)cc1C(C)C. The number of rotatable bonds is 10. The Bertz CT molecular complexity index is 1970. The Morgan fingerprint density at radius 2 is 1.73 bits per heavy atom. The highest BCUT2D eigenvalue weighted by atomic mass is 79.9. The van der Waals surface area contributed by atoms with Gasteiger partial charge in [-0.15, -0.1) is 0 Å². The Hall–Kier alpha value is -4.02. The second-order valence-electron chi connectivity index (χ2n) is 10.6. The summed E-state index contributed by atoms with van der Waals surface area (Å²) in [6, 6.07) is 19.4. The highest BCUT2D eigenvalue weighted by molar-refractivity contribution is 9.13. The molecule has 0 saturated carbocycles. The first kappa shape index (κ1) is 32.4. The van der Waals surface area contributed by atoms with Crippen molar-refractivity contribution in [3.8, 4) is 28.6 Å². The lowest BCUT2D eigenvalue weighted by Crippen LogP contribution is -2.21. The van der Waals surface area contributed by atoms with Crippen LogP contribution in [-0.2, 0) is 6.61 Å². The fourth-order valence-corrected chi connectivity index (χ4v) is 5.88. The molecule has 0 unspecified atom stereocenters. The summed E-state index contributed by atoms with van der Waals surface area (Å²) in [5, 5.41) is 5.12. The van der Waals surface area contributed by atoms with E-state index in [4.69, 9.17) is 19.2 Å². The van der Waals surface area contributed by atoms with E-state index in [0.717, 1.165) is 22.4 Å². The molecule has 45 heavy (non-hydrogen) atoms. The average molecular weight is 737 g/mol. The predicted molar refractivity (Wildman–Crippen MR) is 184 cm³/mol. The number of hydrogen-bond acceptors (Lipinski definition) is 6. The standard InChI is InChI=1S/C35H32Br2FN3O4/c1-6-44-29-15-21(4)26(17-25(29)20(2)3)34-40-28-14-10-8-12-24(28)35(42)41(34)39-18-23-16-30(43-5)33(32(37)31(23)36)45-19-22-11-7-9-13-27(22)38/h7-18,20H,6,19H2,1-5H3. The minimum atomic E-state index is -0.357. The summed E-state index contributed by atoms with van der Waals surface area (Å²) >= 11 is 7.22. The number of ether oxygens (including phenoxy) is 3. The van der Waals surface area contributed by atoms with Crippen LogP contribution in [0.1, 0.15) is 48.9 Å². The van der Waals surface area contributed by atoms with Crippen LogP contribution in [-0.4, -0.2) is 29.6 Å². The number of aryl methyl sites for hydroxylation is 1. The van der Waals surface area contributed by atoms with Crippen LogP contribution < -0.4 is 19.8 Å². The van der Waals surface area contributed by atoms with Crippen molar-refractivity contribution < 1.29 is 18.6 Å². The molecule has 0 radical (unpaired) electrons. The van der Waals surface area contributed by atoms with Gasteiger partial charge in [0.2, 0.25) is 0 Å². The monoisotopic (exact) mass is 735 g/mol. The summed E-state index contributed by atoms with van der Waals surface area (Å²) in [6.45, 7) is 8.67. The minimum absolute atomic E-state index is 0.00280. The normalized spacial score (nSPS) is 11.5. The molecule has 0 fully saturated rings. The van der Waals surface area contributed by atoms with Gasteiger partial charge in [0.25, 0.3) is 5.56 Å². The van der Waals surface area contributed by atoms with E-state index in [1.54, 1.807) is 42.6 Å². The van der Waals surface area contributed by atoms with Gasteiger partial charge in [-0.1, -0.05) is 44.2 Å². The van der Waals surface area contributed by atoms with Gasteiger partial charge in [-0.2, -0.15) is 9.78 Å². The lowest BCUT2D eigenvalue weighted by atomic mass is 9.96. The quantitative estimate of drug-likeness (QED) is 0.134. The Balaban J connectivity index is 1.63. The number of halogens is 3. The zero-order valence-corrected chi connectivity index (χ0v) is 28.7. The molecule has 0 N–H and O–H groups in total. The number of nitrogens with zero attached hydrogens (tertiary/aromatic N) is 3. The maximum absolute atomic E-state index is 14.2. The van der Waals surface area contributed by atoms with Crippen molar-refractivity contribution in [2.75, 3.05) is 13.7 Å². The molecule has 7 nitrogen and oxygen atoms in total. The maximum Gasteiger partial charge on any atom is 0.282 e. The van der Waals surface area contributed by atoms with Crippen molar-refractivity contribution in [3.05, 3.63) is 114 Å². The summed E-state index contributed by atoms with van der Waals surface area (Å²) in [5.41, 5.74) is 3.97. The van der Waals surface area contributed by atoms with Gasteiger partial charge in [0, 0.05) is 21.2 Å². The third kappa shape index (κ3) is 6.67. The predicted octanol–water partition coefficient (Wildman–Crippen LogP) is 9.03.